The highest BCUT2D eigenvalue weighted by molar-refractivity contribution is 7.57. The third-order valence-corrected chi connectivity index (χ3v) is 4.13. The molecule has 0 saturated heterocycles. The van der Waals surface area contributed by atoms with Gasteiger partial charge >= 0.3 is 5.97 Å². The third-order valence-electron chi connectivity index (χ3n) is 3.04. The van der Waals surface area contributed by atoms with Crippen LogP contribution in [0.3, 0.4) is 0 Å². The molecule has 0 saturated carbocycles. The molecule has 0 bridgehead atoms. The summed E-state index contributed by atoms with van der Waals surface area (Å²) in [4.78, 5) is 19.4. The molecule has 22 heavy (non-hydrogen) atoms. The standard InChI is InChI=1S/C10H12O3.C6H15O2P/c1-6(2)7-3-4-8(10(12)13)9(11)5-7;1-6(2)4-5-9(3,7)8/h3-6,11H,1-2H3,(H,12,13);6H,4-5H2,1-3H3,(H,7,8). The van der Waals surface area contributed by atoms with E-state index in [1.165, 1.54) is 18.8 Å². The van der Waals surface area contributed by atoms with Crippen molar-refractivity contribution < 1.29 is 24.5 Å². The molecule has 1 rings (SSSR count). The molecule has 0 spiro atoms. The van der Waals surface area contributed by atoms with E-state index in [0.717, 1.165) is 12.0 Å². The maximum absolute atomic E-state index is 10.7. The lowest BCUT2D eigenvalue weighted by Crippen LogP contribution is -1.97. The Labute approximate surface area is 132 Å². The summed E-state index contributed by atoms with van der Waals surface area (Å²) >= 11 is 0. The summed E-state index contributed by atoms with van der Waals surface area (Å²) in [7, 11) is -2.72. The van der Waals surface area contributed by atoms with E-state index >= 15 is 0 Å². The second-order valence-electron chi connectivity index (χ2n) is 6.19. The van der Waals surface area contributed by atoms with E-state index in [-0.39, 0.29) is 17.2 Å². The molecule has 0 aliphatic rings. The molecular weight excluding hydrogens is 303 g/mol. The summed E-state index contributed by atoms with van der Waals surface area (Å²) < 4.78 is 10.7. The van der Waals surface area contributed by atoms with Crippen LogP contribution in [0.4, 0.5) is 0 Å². The Morgan fingerprint density at radius 1 is 1.23 bits per heavy atom. The largest absolute Gasteiger partial charge is 0.507 e. The maximum Gasteiger partial charge on any atom is 0.339 e. The molecule has 0 aliphatic heterocycles. The van der Waals surface area contributed by atoms with Gasteiger partial charge in [-0.05, 0) is 36.0 Å². The Balaban J connectivity index is 0.000000433. The van der Waals surface area contributed by atoms with Crippen LogP contribution < -0.4 is 0 Å². The van der Waals surface area contributed by atoms with Gasteiger partial charge in [0.05, 0.1) is 0 Å². The van der Waals surface area contributed by atoms with E-state index in [0.29, 0.717) is 12.1 Å². The summed E-state index contributed by atoms with van der Waals surface area (Å²) in [5.74, 6) is -0.453. The van der Waals surface area contributed by atoms with Gasteiger partial charge < -0.3 is 15.1 Å². The summed E-state index contributed by atoms with van der Waals surface area (Å²) in [5, 5.41) is 18.0. The summed E-state index contributed by atoms with van der Waals surface area (Å²) in [5.41, 5.74) is 0.881. The minimum atomic E-state index is -2.72. The Morgan fingerprint density at radius 2 is 1.77 bits per heavy atom. The molecule has 5 nitrogen and oxygen atoms in total. The van der Waals surface area contributed by atoms with Gasteiger partial charge in [-0.1, -0.05) is 33.8 Å². The van der Waals surface area contributed by atoms with E-state index in [2.05, 4.69) is 13.8 Å². The van der Waals surface area contributed by atoms with E-state index in [4.69, 9.17) is 10.00 Å². The highest BCUT2D eigenvalue weighted by Gasteiger charge is 2.10. The van der Waals surface area contributed by atoms with Crippen molar-refractivity contribution in [2.24, 2.45) is 5.92 Å². The second kappa shape index (κ2) is 8.96. The molecule has 1 unspecified atom stereocenters. The lowest BCUT2D eigenvalue weighted by Gasteiger charge is -2.06. The van der Waals surface area contributed by atoms with E-state index < -0.39 is 13.3 Å². The predicted octanol–water partition coefficient (Wildman–Crippen LogP) is 4.15. The van der Waals surface area contributed by atoms with Crippen molar-refractivity contribution in [2.45, 2.75) is 40.0 Å². The molecule has 6 heteroatoms. The predicted molar refractivity (Wildman–Crippen MR) is 89.2 cm³/mol. The molecule has 1 aromatic rings. The van der Waals surface area contributed by atoms with Crippen molar-refractivity contribution in [2.75, 3.05) is 12.8 Å². The number of carbonyl (C=O) groups is 1. The maximum atomic E-state index is 10.7. The van der Waals surface area contributed by atoms with Gasteiger partial charge in [0.2, 0.25) is 0 Å². The average molecular weight is 330 g/mol. The van der Waals surface area contributed by atoms with Crippen LogP contribution in [0.2, 0.25) is 0 Å². The molecule has 1 aromatic carbocycles. The molecule has 0 aliphatic carbocycles. The topological polar surface area (TPSA) is 94.8 Å². The lowest BCUT2D eigenvalue weighted by molar-refractivity contribution is 0.0693. The zero-order chi connectivity index (χ0) is 17.5. The first-order valence-corrected chi connectivity index (χ1v) is 9.58. The van der Waals surface area contributed by atoms with Crippen molar-refractivity contribution in [1.29, 1.82) is 0 Å². The zero-order valence-corrected chi connectivity index (χ0v) is 14.8. The van der Waals surface area contributed by atoms with Crippen LogP contribution in [-0.4, -0.2) is 33.9 Å². The highest BCUT2D eigenvalue weighted by atomic mass is 31.2. The molecule has 0 amide bonds. The van der Waals surface area contributed by atoms with E-state index in [1.54, 1.807) is 6.07 Å². The van der Waals surface area contributed by atoms with Gasteiger partial charge in [-0.25, -0.2) is 4.79 Å². The van der Waals surface area contributed by atoms with Crippen molar-refractivity contribution in [3.05, 3.63) is 29.3 Å². The van der Waals surface area contributed by atoms with Gasteiger partial charge in [0.25, 0.3) is 0 Å². The Morgan fingerprint density at radius 3 is 2.05 bits per heavy atom. The van der Waals surface area contributed by atoms with Crippen molar-refractivity contribution >= 4 is 13.3 Å². The fourth-order valence-corrected chi connectivity index (χ4v) is 2.58. The summed E-state index contributed by atoms with van der Waals surface area (Å²) in [6.45, 7) is 9.48. The zero-order valence-electron chi connectivity index (χ0n) is 13.9. The second-order valence-corrected chi connectivity index (χ2v) is 8.74. The first-order chi connectivity index (χ1) is 9.94. The van der Waals surface area contributed by atoms with Gasteiger partial charge in [-0.15, -0.1) is 0 Å². The van der Waals surface area contributed by atoms with Crippen molar-refractivity contribution in [3.8, 4) is 5.75 Å². The number of carboxylic acid groups (broad SMARTS) is 1. The third kappa shape index (κ3) is 8.85. The molecular formula is C16H27O5P. The van der Waals surface area contributed by atoms with Crippen LogP contribution in [0, 0.1) is 5.92 Å². The van der Waals surface area contributed by atoms with Crippen LogP contribution >= 0.6 is 7.37 Å². The number of benzene rings is 1. The molecule has 0 radical (unpaired) electrons. The van der Waals surface area contributed by atoms with Crippen LogP contribution in [-0.2, 0) is 4.57 Å². The first kappa shape index (κ1) is 20.7. The fraction of sp³-hybridized carbons (Fsp3) is 0.562. The molecule has 126 valence electrons. The lowest BCUT2D eigenvalue weighted by atomic mass is 10.0. The normalized spacial score (nSPS) is 13.5. The molecule has 0 fully saturated rings. The van der Waals surface area contributed by atoms with Gasteiger partial charge in [-0.3, -0.25) is 4.57 Å². The fourth-order valence-electron chi connectivity index (χ4n) is 1.59. The molecule has 0 heterocycles. The van der Waals surface area contributed by atoms with E-state index in [9.17, 15) is 14.5 Å². The Kier molecular flexibility index (Phi) is 8.43. The Hall–Kier alpha value is -1.32. The quantitative estimate of drug-likeness (QED) is 0.705. The van der Waals surface area contributed by atoms with Crippen molar-refractivity contribution in [3.63, 3.8) is 0 Å². The number of phenols is 1. The van der Waals surface area contributed by atoms with Crippen LogP contribution in [0.15, 0.2) is 18.2 Å². The number of carboxylic acids is 1. The molecule has 1 atom stereocenters. The number of aromatic carboxylic acids is 1. The highest BCUT2D eigenvalue weighted by Crippen LogP contribution is 2.36. The van der Waals surface area contributed by atoms with Crippen LogP contribution in [0.1, 0.15) is 56.0 Å². The van der Waals surface area contributed by atoms with Gasteiger partial charge in [0.1, 0.15) is 11.3 Å². The minimum Gasteiger partial charge on any atom is -0.507 e. The number of rotatable bonds is 5. The van der Waals surface area contributed by atoms with Crippen LogP contribution in [0.5, 0.6) is 5.75 Å². The van der Waals surface area contributed by atoms with Gasteiger partial charge in [0, 0.05) is 12.8 Å². The summed E-state index contributed by atoms with van der Waals surface area (Å²) in [6.07, 6.45) is 1.31. The Bertz CT molecular complexity index is 531. The minimum absolute atomic E-state index is 0.0515. The van der Waals surface area contributed by atoms with Gasteiger partial charge in [0.15, 0.2) is 7.37 Å². The monoisotopic (exact) mass is 330 g/mol. The SMILES string of the molecule is CC(C)CCP(C)(=O)O.CC(C)c1ccc(C(=O)O)c(O)c1. The molecule has 3 N–H and O–H groups in total. The van der Waals surface area contributed by atoms with Crippen LogP contribution in [0.25, 0.3) is 0 Å². The average Bonchev–Trinajstić information content (AvgIpc) is 2.35. The number of hydrogen-bond acceptors (Lipinski definition) is 3. The van der Waals surface area contributed by atoms with E-state index in [1.807, 2.05) is 13.8 Å². The number of hydrogen-bond donors (Lipinski definition) is 3. The summed E-state index contributed by atoms with van der Waals surface area (Å²) in [6, 6.07) is 4.63. The first-order valence-electron chi connectivity index (χ1n) is 7.29. The number of aromatic hydroxyl groups is 1. The smallest absolute Gasteiger partial charge is 0.339 e. The van der Waals surface area contributed by atoms with Gasteiger partial charge in [-0.2, -0.15) is 0 Å². The molecule has 0 aromatic heterocycles. The van der Waals surface area contributed by atoms with Crippen molar-refractivity contribution in [1.82, 2.24) is 0 Å².